The molecule has 0 aliphatic carbocycles. The van der Waals surface area contributed by atoms with E-state index in [2.05, 4.69) is 56.9 Å². The van der Waals surface area contributed by atoms with Crippen LogP contribution in [0.15, 0.2) is 24.3 Å². The summed E-state index contributed by atoms with van der Waals surface area (Å²) in [5.74, 6) is 1.42. The molecule has 0 atom stereocenters. The third-order valence-electron chi connectivity index (χ3n) is 2.88. The van der Waals surface area contributed by atoms with Crippen molar-refractivity contribution in [2.45, 2.75) is 40.8 Å². The predicted molar refractivity (Wildman–Crippen MR) is 79.3 cm³/mol. The molecule has 0 saturated carbocycles. The zero-order valence-corrected chi connectivity index (χ0v) is 12.3. The molecule has 0 bridgehead atoms. The number of hydrogen-bond acceptors (Lipinski definition) is 2. The third-order valence-corrected chi connectivity index (χ3v) is 2.88. The fourth-order valence-electron chi connectivity index (χ4n) is 2.35. The van der Waals surface area contributed by atoms with E-state index in [1.54, 1.807) is 0 Å². The van der Waals surface area contributed by atoms with Crippen LogP contribution in [0.3, 0.4) is 0 Å². The minimum absolute atomic E-state index is 0.627. The van der Waals surface area contributed by atoms with Gasteiger partial charge in [0.1, 0.15) is 0 Å². The van der Waals surface area contributed by atoms with Gasteiger partial charge in [-0.3, -0.25) is 4.90 Å². The molecule has 0 spiro atoms. The quantitative estimate of drug-likeness (QED) is 0.802. The molecule has 2 nitrogen and oxygen atoms in total. The van der Waals surface area contributed by atoms with E-state index in [0.29, 0.717) is 18.4 Å². The van der Waals surface area contributed by atoms with Crippen LogP contribution in [0.2, 0.25) is 0 Å². The minimum Gasteiger partial charge on any atom is -0.326 e. The summed E-state index contributed by atoms with van der Waals surface area (Å²) in [5, 5.41) is 0. The Kier molecular flexibility index (Phi) is 6.37. The zero-order chi connectivity index (χ0) is 13.5. The summed E-state index contributed by atoms with van der Waals surface area (Å²) in [4.78, 5) is 2.55. The lowest BCUT2D eigenvalue weighted by atomic mass is 10.1. The van der Waals surface area contributed by atoms with E-state index in [4.69, 9.17) is 5.73 Å². The smallest absolute Gasteiger partial charge is 0.0234 e. The second-order valence-electron chi connectivity index (χ2n) is 6.01. The average molecular weight is 248 g/mol. The molecule has 2 heteroatoms. The lowest BCUT2D eigenvalue weighted by molar-refractivity contribution is 0.211. The lowest BCUT2D eigenvalue weighted by Crippen LogP contribution is -2.30. The van der Waals surface area contributed by atoms with Crippen molar-refractivity contribution in [3.63, 3.8) is 0 Å². The van der Waals surface area contributed by atoms with Crippen LogP contribution in [0.5, 0.6) is 0 Å². The molecule has 1 aromatic carbocycles. The monoisotopic (exact) mass is 248 g/mol. The van der Waals surface area contributed by atoms with Gasteiger partial charge in [0.25, 0.3) is 0 Å². The van der Waals surface area contributed by atoms with Crippen LogP contribution in [0.1, 0.15) is 38.8 Å². The van der Waals surface area contributed by atoms with Gasteiger partial charge in [0, 0.05) is 26.2 Å². The van der Waals surface area contributed by atoms with Crippen molar-refractivity contribution in [3.05, 3.63) is 35.4 Å². The molecular weight excluding hydrogens is 220 g/mol. The first kappa shape index (κ1) is 15.2. The van der Waals surface area contributed by atoms with Gasteiger partial charge in [-0.2, -0.15) is 0 Å². The Bertz CT molecular complexity index is 335. The van der Waals surface area contributed by atoms with Gasteiger partial charge in [-0.1, -0.05) is 52.0 Å². The van der Waals surface area contributed by atoms with Gasteiger partial charge < -0.3 is 5.73 Å². The first-order valence-electron chi connectivity index (χ1n) is 7.01. The summed E-state index contributed by atoms with van der Waals surface area (Å²) in [6, 6.07) is 8.64. The van der Waals surface area contributed by atoms with E-state index in [0.717, 1.165) is 19.6 Å². The van der Waals surface area contributed by atoms with Crippen LogP contribution in [0.25, 0.3) is 0 Å². The standard InChI is InChI=1S/C16H28N2/c1-13(2)10-18(11-14(3)4)12-16-7-5-6-15(8-16)9-17/h5-8,13-14H,9-12,17H2,1-4H3. The highest BCUT2D eigenvalue weighted by Gasteiger charge is 2.10. The Morgan fingerprint density at radius 1 is 1.00 bits per heavy atom. The Labute approximate surface area is 112 Å². The van der Waals surface area contributed by atoms with Gasteiger partial charge in [0.05, 0.1) is 0 Å². The highest BCUT2D eigenvalue weighted by atomic mass is 15.1. The molecule has 0 unspecified atom stereocenters. The van der Waals surface area contributed by atoms with E-state index in [1.165, 1.54) is 11.1 Å². The minimum atomic E-state index is 0.627. The molecule has 0 amide bonds. The van der Waals surface area contributed by atoms with Gasteiger partial charge in [-0.15, -0.1) is 0 Å². The maximum Gasteiger partial charge on any atom is 0.0234 e. The van der Waals surface area contributed by atoms with Gasteiger partial charge in [-0.05, 0) is 23.0 Å². The summed E-state index contributed by atoms with van der Waals surface area (Å²) < 4.78 is 0. The first-order valence-corrected chi connectivity index (χ1v) is 7.01. The molecule has 18 heavy (non-hydrogen) atoms. The topological polar surface area (TPSA) is 29.3 Å². The molecule has 1 rings (SSSR count). The second-order valence-corrected chi connectivity index (χ2v) is 6.01. The molecule has 0 saturated heterocycles. The number of nitrogens with two attached hydrogens (primary N) is 1. The third kappa shape index (κ3) is 5.65. The first-order chi connectivity index (χ1) is 8.51. The summed E-state index contributed by atoms with van der Waals surface area (Å²) in [6.45, 7) is 13.1. The van der Waals surface area contributed by atoms with Crippen molar-refractivity contribution in [2.24, 2.45) is 17.6 Å². The van der Waals surface area contributed by atoms with Crippen molar-refractivity contribution in [3.8, 4) is 0 Å². The van der Waals surface area contributed by atoms with Crippen LogP contribution >= 0.6 is 0 Å². The fourth-order valence-corrected chi connectivity index (χ4v) is 2.35. The summed E-state index contributed by atoms with van der Waals surface area (Å²) >= 11 is 0. The van der Waals surface area contributed by atoms with Gasteiger partial charge in [0.15, 0.2) is 0 Å². The Morgan fingerprint density at radius 3 is 2.06 bits per heavy atom. The molecule has 0 aliphatic heterocycles. The van der Waals surface area contributed by atoms with E-state index >= 15 is 0 Å². The van der Waals surface area contributed by atoms with E-state index in [-0.39, 0.29) is 0 Å². The van der Waals surface area contributed by atoms with Gasteiger partial charge in [-0.25, -0.2) is 0 Å². The Balaban J connectivity index is 2.68. The Morgan fingerprint density at radius 2 is 1.56 bits per heavy atom. The maximum absolute atomic E-state index is 5.70. The van der Waals surface area contributed by atoms with Crippen molar-refractivity contribution in [1.29, 1.82) is 0 Å². The van der Waals surface area contributed by atoms with Crippen LogP contribution in [-0.2, 0) is 13.1 Å². The van der Waals surface area contributed by atoms with Crippen LogP contribution < -0.4 is 5.73 Å². The molecular formula is C16H28N2. The van der Waals surface area contributed by atoms with Crippen molar-refractivity contribution >= 4 is 0 Å². The normalized spacial score (nSPS) is 11.8. The van der Waals surface area contributed by atoms with Crippen molar-refractivity contribution < 1.29 is 0 Å². The van der Waals surface area contributed by atoms with E-state index < -0.39 is 0 Å². The average Bonchev–Trinajstić information content (AvgIpc) is 2.27. The maximum atomic E-state index is 5.70. The highest BCUT2D eigenvalue weighted by Crippen LogP contribution is 2.11. The molecule has 1 aromatic rings. The molecule has 0 fully saturated rings. The highest BCUT2D eigenvalue weighted by molar-refractivity contribution is 5.23. The van der Waals surface area contributed by atoms with Crippen LogP contribution in [-0.4, -0.2) is 18.0 Å². The molecule has 0 radical (unpaired) electrons. The largest absolute Gasteiger partial charge is 0.326 e. The van der Waals surface area contributed by atoms with Crippen molar-refractivity contribution in [1.82, 2.24) is 4.90 Å². The van der Waals surface area contributed by atoms with Crippen LogP contribution in [0.4, 0.5) is 0 Å². The van der Waals surface area contributed by atoms with Crippen LogP contribution in [0, 0.1) is 11.8 Å². The van der Waals surface area contributed by atoms with Gasteiger partial charge in [0.2, 0.25) is 0 Å². The summed E-state index contributed by atoms with van der Waals surface area (Å²) in [7, 11) is 0. The molecule has 0 aromatic heterocycles. The van der Waals surface area contributed by atoms with Crippen molar-refractivity contribution in [2.75, 3.05) is 13.1 Å². The predicted octanol–water partition coefficient (Wildman–Crippen LogP) is 3.26. The Hall–Kier alpha value is -0.860. The summed E-state index contributed by atoms with van der Waals surface area (Å²) in [6.07, 6.45) is 0. The SMILES string of the molecule is CC(C)CN(Cc1cccc(CN)c1)CC(C)C. The van der Waals surface area contributed by atoms with Gasteiger partial charge >= 0.3 is 0 Å². The molecule has 0 aliphatic rings. The van der Waals surface area contributed by atoms with E-state index in [1.807, 2.05) is 0 Å². The zero-order valence-electron chi connectivity index (χ0n) is 12.3. The van der Waals surface area contributed by atoms with E-state index in [9.17, 15) is 0 Å². The fraction of sp³-hybridized carbons (Fsp3) is 0.625. The number of benzene rings is 1. The molecule has 2 N–H and O–H groups in total. The lowest BCUT2D eigenvalue weighted by Gasteiger charge is -2.26. The second kappa shape index (κ2) is 7.55. The number of hydrogen-bond donors (Lipinski definition) is 1. The number of nitrogens with zero attached hydrogens (tertiary/aromatic N) is 1. The molecule has 0 heterocycles. The summed E-state index contributed by atoms with van der Waals surface area (Å²) in [5.41, 5.74) is 8.30. The number of rotatable bonds is 7. The molecule has 102 valence electrons.